The molecule has 0 spiro atoms. The zero-order valence-corrected chi connectivity index (χ0v) is 16.9. The highest BCUT2D eigenvalue weighted by Crippen LogP contribution is 2.25. The maximum Gasteiger partial charge on any atom is 0.342 e. The quantitative estimate of drug-likeness (QED) is 0.635. The molecule has 2 aromatic carbocycles. The molecule has 154 valence electrons. The van der Waals surface area contributed by atoms with Crippen molar-refractivity contribution in [3.05, 3.63) is 71.9 Å². The number of aryl methyl sites for hydroxylation is 1. The number of hydrogen-bond donors (Lipinski definition) is 2. The van der Waals surface area contributed by atoms with Crippen molar-refractivity contribution in [2.45, 2.75) is 20.0 Å². The van der Waals surface area contributed by atoms with E-state index in [2.05, 4.69) is 15.7 Å². The molecule has 0 bridgehead atoms. The van der Waals surface area contributed by atoms with Gasteiger partial charge in [0.25, 0.3) is 5.91 Å². The van der Waals surface area contributed by atoms with E-state index in [0.717, 1.165) is 16.8 Å². The second-order valence-electron chi connectivity index (χ2n) is 6.65. The fraction of sp³-hybridized carbons (Fsp3) is 0.182. The number of nitrogens with zero attached hydrogens (tertiary/aromatic N) is 2. The van der Waals surface area contributed by atoms with E-state index >= 15 is 0 Å². The number of aromatic nitrogens is 2. The minimum Gasteiger partial charge on any atom is -0.449 e. The Morgan fingerprint density at radius 2 is 1.70 bits per heavy atom. The highest BCUT2D eigenvalue weighted by molar-refractivity contribution is 6.00. The average Bonchev–Trinajstić information content (AvgIpc) is 3.20. The monoisotopic (exact) mass is 406 g/mol. The molecule has 8 nitrogen and oxygen atoms in total. The molecule has 1 unspecified atom stereocenters. The van der Waals surface area contributed by atoms with Gasteiger partial charge in [0.2, 0.25) is 0 Å². The van der Waals surface area contributed by atoms with E-state index in [1.807, 2.05) is 61.5 Å². The summed E-state index contributed by atoms with van der Waals surface area (Å²) in [4.78, 5) is 36.2. The molecular weight excluding hydrogens is 384 g/mol. The fourth-order valence-electron chi connectivity index (χ4n) is 2.72. The van der Waals surface area contributed by atoms with Crippen LogP contribution in [0.2, 0.25) is 0 Å². The van der Waals surface area contributed by atoms with Crippen molar-refractivity contribution < 1.29 is 19.1 Å². The van der Waals surface area contributed by atoms with Crippen molar-refractivity contribution in [2.24, 2.45) is 0 Å². The summed E-state index contributed by atoms with van der Waals surface area (Å²) in [5.41, 5.74) is 3.26. The lowest BCUT2D eigenvalue weighted by molar-refractivity contribution is -0.127. The normalized spacial score (nSPS) is 11.4. The molecule has 1 heterocycles. The molecule has 1 aromatic heterocycles. The summed E-state index contributed by atoms with van der Waals surface area (Å²) in [5, 5.41) is 8.92. The number of imide groups is 1. The Labute approximate surface area is 173 Å². The Hall–Kier alpha value is -3.94. The number of carbonyl (C=O) groups is 3. The van der Waals surface area contributed by atoms with Crippen LogP contribution in [0, 0.1) is 6.92 Å². The van der Waals surface area contributed by atoms with Gasteiger partial charge in [-0.15, -0.1) is 0 Å². The first kappa shape index (κ1) is 20.8. The highest BCUT2D eigenvalue weighted by Gasteiger charge is 2.25. The van der Waals surface area contributed by atoms with E-state index in [0.29, 0.717) is 5.69 Å². The molecule has 0 aliphatic rings. The molecule has 8 heteroatoms. The molecule has 3 amide bonds. The lowest BCUT2D eigenvalue weighted by atomic mass is 10.1. The van der Waals surface area contributed by atoms with Crippen LogP contribution in [0.1, 0.15) is 22.8 Å². The van der Waals surface area contributed by atoms with Gasteiger partial charge in [-0.3, -0.25) is 10.1 Å². The van der Waals surface area contributed by atoms with Crippen molar-refractivity contribution in [3.8, 4) is 16.9 Å². The van der Waals surface area contributed by atoms with Crippen molar-refractivity contribution >= 4 is 17.9 Å². The topological polar surface area (TPSA) is 102 Å². The number of esters is 1. The molecule has 0 aliphatic carbocycles. The van der Waals surface area contributed by atoms with Gasteiger partial charge < -0.3 is 10.1 Å². The number of amides is 3. The van der Waals surface area contributed by atoms with E-state index in [-0.39, 0.29) is 5.56 Å². The van der Waals surface area contributed by atoms with Crippen LogP contribution in [-0.2, 0) is 9.53 Å². The first-order valence-corrected chi connectivity index (χ1v) is 9.34. The SMILES string of the molecule is CNC(=O)NC(=O)C(C)OC(=O)c1cn(-c2ccc(C)cc2)nc1-c1ccccc1. The standard InChI is InChI=1S/C22H22N4O4/c1-14-9-11-17(12-10-14)26-13-18(19(25-26)16-7-5-4-6-8-16)21(28)30-15(2)20(27)24-22(29)23-3/h4-13,15H,1-3H3,(H2,23,24,27,29). The summed E-state index contributed by atoms with van der Waals surface area (Å²) in [5.74, 6) is -1.44. The van der Waals surface area contributed by atoms with Gasteiger partial charge in [-0.05, 0) is 26.0 Å². The molecule has 0 aliphatic heterocycles. The van der Waals surface area contributed by atoms with Gasteiger partial charge in [0, 0.05) is 18.8 Å². The smallest absolute Gasteiger partial charge is 0.342 e. The molecule has 0 fully saturated rings. The van der Waals surface area contributed by atoms with Crippen molar-refractivity contribution in [3.63, 3.8) is 0 Å². The van der Waals surface area contributed by atoms with Crippen LogP contribution in [0.15, 0.2) is 60.8 Å². The highest BCUT2D eigenvalue weighted by atomic mass is 16.5. The predicted octanol–water partition coefficient (Wildman–Crippen LogP) is 2.85. The summed E-state index contributed by atoms with van der Waals surface area (Å²) in [6.07, 6.45) is 0.403. The zero-order chi connectivity index (χ0) is 21.7. The minimum absolute atomic E-state index is 0.210. The molecule has 1 atom stereocenters. The third-order valence-corrected chi connectivity index (χ3v) is 4.40. The van der Waals surface area contributed by atoms with E-state index in [4.69, 9.17) is 4.74 Å². The third kappa shape index (κ3) is 4.72. The van der Waals surface area contributed by atoms with Crippen molar-refractivity contribution in [1.29, 1.82) is 0 Å². The van der Waals surface area contributed by atoms with Gasteiger partial charge in [-0.2, -0.15) is 5.10 Å². The molecule has 0 radical (unpaired) electrons. The summed E-state index contributed by atoms with van der Waals surface area (Å²) < 4.78 is 6.88. The Kier molecular flexibility index (Phi) is 6.26. The summed E-state index contributed by atoms with van der Waals surface area (Å²) in [6, 6.07) is 16.2. The average molecular weight is 406 g/mol. The largest absolute Gasteiger partial charge is 0.449 e. The summed E-state index contributed by atoms with van der Waals surface area (Å²) in [6.45, 7) is 3.37. The second kappa shape index (κ2) is 9.04. The van der Waals surface area contributed by atoms with Gasteiger partial charge in [0.15, 0.2) is 6.10 Å². The van der Waals surface area contributed by atoms with Crippen LogP contribution in [0.4, 0.5) is 4.79 Å². The molecule has 0 saturated heterocycles. The van der Waals surface area contributed by atoms with Gasteiger partial charge >= 0.3 is 12.0 Å². The first-order chi connectivity index (χ1) is 14.4. The van der Waals surface area contributed by atoms with Gasteiger partial charge in [0.05, 0.1) is 5.69 Å². The summed E-state index contributed by atoms with van der Waals surface area (Å²) in [7, 11) is 1.38. The fourth-order valence-corrected chi connectivity index (χ4v) is 2.72. The molecule has 0 saturated carbocycles. The zero-order valence-electron chi connectivity index (χ0n) is 16.9. The number of carbonyl (C=O) groups excluding carboxylic acids is 3. The lowest BCUT2D eigenvalue weighted by Crippen LogP contribution is -2.43. The maximum atomic E-state index is 12.9. The number of hydrogen-bond acceptors (Lipinski definition) is 5. The molecule has 3 rings (SSSR count). The van der Waals surface area contributed by atoms with Gasteiger partial charge in [-0.25, -0.2) is 14.3 Å². The minimum atomic E-state index is -1.17. The van der Waals surface area contributed by atoms with E-state index in [1.54, 1.807) is 10.9 Å². The van der Waals surface area contributed by atoms with Crippen molar-refractivity contribution in [2.75, 3.05) is 7.05 Å². The predicted molar refractivity (Wildman–Crippen MR) is 111 cm³/mol. The van der Waals surface area contributed by atoms with Crippen molar-refractivity contribution in [1.82, 2.24) is 20.4 Å². The molecule has 30 heavy (non-hydrogen) atoms. The van der Waals surface area contributed by atoms with Crippen LogP contribution in [0.5, 0.6) is 0 Å². The van der Waals surface area contributed by atoms with E-state index in [9.17, 15) is 14.4 Å². The van der Waals surface area contributed by atoms with Crippen LogP contribution in [0.3, 0.4) is 0 Å². The van der Waals surface area contributed by atoms with Crippen LogP contribution < -0.4 is 10.6 Å². The maximum absolute atomic E-state index is 12.9. The Morgan fingerprint density at radius 1 is 1.03 bits per heavy atom. The molecular formula is C22H22N4O4. The first-order valence-electron chi connectivity index (χ1n) is 9.34. The number of benzene rings is 2. The third-order valence-electron chi connectivity index (χ3n) is 4.40. The lowest BCUT2D eigenvalue weighted by Gasteiger charge is -2.12. The Bertz CT molecular complexity index is 1060. The van der Waals surface area contributed by atoms with Gasteiger partial charge in [0.1, 0.15) is 11.3 Å². The number of urea groups is 1. The van der Waals surface area contributed by atoms with E-state index in [1.165, 1.54) is 14.0 Å². The van der Waals surface area contributed by atoms with E-state index < -0.39 is 24.0 Å². The Balaban J connectivity index is 1.92. The number of rotatable bonds is 5. The molecule has 3 aromatic rings. The van der Waals surface area contributed by atoms with Crippen LogP contribution >= 0.6 is 0 Å². The molecule has 2 N–H and O–H groups in total. The number of ether oxygens (including phenoxy) is 1. The van der Waals surface area contributed by atoms with Crippen LogP contribution in [0.25, 0.3) is 16.9 Å². The van der Waals surface area contributed by atoms with Gasteiger partial charge in [-0.1, -0.05) is 48.0 Å². The van der Waals surface area contributed by atoms with Crippen LogP contribution in [-0.4, -0.2) is 40.8 Å². The number of nitrogens with one attached hydrogen (secondary N) is 2. The summed E-state index contributed by atoms with van der Waals surface area (Å²) >= 11 is 0. The second-order valence-corrected chi connectivity index (χ2v) is 6.65. The Morgan fingerprint density at radius 3 is 2.33 bits per heavy atom.